The molecule has 0 atom stereocenters. The largest absolute Gasteiger partial charge is 0.490 e. The minimum absolute atomic E-state index is 0.0202. The van der Waals surface area contributed by atoms with Crippen molar-refractivity contribution < 1.29 is 14.3 Å². The molecule has 2 aromatic carbocycles. The molecule has 0 radical (unpaired) electrons. The Bertz CT molecular complexity index is 886. The molecule has 0 unspecified atom stereocenters. The second kappa shape index (κ2) is 9.52. The van der Waals surface area contributed by atoms with Crippen molar-refractivity contribution in [1.82, 2.24) is 9.80 Å². The average Bonchev–Trinajstić information content (AvgIpc) is 2.81. The molecule has 2 heterocycles. The summed E-state index contributed by atoms with van der Waals surface area (Å²) < 4.78 is 6.02. The Labute approximate surface area is 182 Å². The fourth-order valence-corrected chi connectivity index (χ4v) is 4.26. The van der Waals surface area contributed by atoms with E-state index in [1.165, 1.54) is 6.42 Å². The van der Waals surface area contributed by atoms with E-state index >= 15 is 0 Å². The van der Waals surface area contributed by atoms with Gasteiger partial charge in [-0.05, 0) is 61.7 Å². The Morgan fingerprint density at radius 2 is 1.37 bits per heavy atom. The first-order chi connectivity index (χ1) is 14.6. The van der Waals surface area contributed by atoms with E-state index in [0.717, 1.165) is 44.5 Å². The van der Waals surface area contributed by atoms with E-state index in [2.05, 4.69) is 0 Å². The molecule has 2 aromatic rings. The van der Waals surface area contributed by atoms with E-state index in [9.17, 15) is 9.59 Å². The molecule has 2 amide bonds. The maximum atomic E-state index is 13.0. The lowest BCUT2D eigenvalue weighted by Gasteiger charge is -2.32. The monoisotopic (exact) mass is 426 g/mol. The van der Waals surface area contributed by atoms with Crippen LogP contribution in [0.4, 0.5) is 0 Å². The van der Waals surface area contributed by atoms with Crippen LogP contribution in [0.5, 0.6) is 5.75 Å². The predicted molar refractivity (Wildman–Crippen MR) is 117 cm³/mol. The van der Waals surface area contributed by atoms with Crippen molar-refractivity contribution in [3.63, 3.8) is 0 Å². The van der Waals surface area contributed by atoms with Gasteiger partial charge in [-0.3, -0.25) is 9.59 Å². The molecule has 0 bridgehead atoms. The van der Waals surface area contributed by atoms with E-state index in [0.29, 0.717) is 29.2 Å². The number of benzene rings is 2. The number of rotatable bonds is 4. The Kier molecular flexibility index (Phi) is 6.58. The van der Waals surface area contributed by atoms with Gasteiger partial charge in [0, 0.05) is 55.2 Å². The van der Waals surface area contributed by atoms with Gasteiger partial charge in [-0.1, -0.05) is 17.7 Å². The molecule has 5 nitrogen and oxygen atoms in total. The predicted octanol–water partition coefficient (Wildman–Crippen LogP) is 4.65. The zero-order chi connectivity index (χ0) is 20.9. The van der Waals surface area contributed by atoms with E-state index in [4.69, 9.17) is 16.3 Å². The quantitative estimate of drug-likeness (QED) is 0.715. The number of piperidine rings is 2. The summed E-state index contributed by atoms with van der Waals surface area (Å²) in [7, 11) is 0. The highest BCUT2D eigenvalue weighted by Crippen LogP contribution is 2.22. The number of likely N-dealkylation sites (tertiary alicyclic amines) is 2. The molecule has 0 spiro atoms. The maximum Gasteiger partial charge on any atom is 0.253 e. The highest BCUT2D eigenvalue weighted by atomic mass is 35.5. The first-order valence-corrected chi connectivity index (χ1v) is 11.1. The van der Waals surface area contributed by atoms with E-state index in [-0.39, 0.29) is 17.9 Å². The van der Waals surface area contributed by atoms with Crippen LogP contribution in [0, 0.1) is 0 Å². The van der Waals surface area contributed by atoms with Crippen LogP contribution in [0.1, 0.15) is 52.8 Å². The molecule has 0 N–H and O–H groups in total. The van der Waals surface area contributed by atoms with E-state index in [1.807, 2.05) is 34.1 Å². The van der Waals surface area contributed by atoms with Gasteiger partial charge < -0.3 is 14.5 Å². The molecular formula is C24H27ClN2O3. The second-order valence-corrected chi connectivity index (χ2v) is 8.43. The van der Waals surface area contributed by atoms with Crippen LogP contribution in [-0.4, -0.2) is 53.9 Å². The van der Waals surface area contributed by atoms with Gasteiger partial charge in [-0.2, -0.15) is 0 Å². The number of ether oxygens (including phenoxy) is 1. The summed E-state index contributed by atoms with van der Waals surface area (Å²) in [6, 6.07) is 14.5. The van der Waals surface area contributed by atoms with Crippen LogP contribution in [0.15, 0.2) is 48.5 Å². The van der Waals surface area contributed by atoms with Gasteiger partial charge >= 0.3 is 0 Å². The van der Waals surface area contributed by atoms with Crippen molar-refractivity contribution >= 4 is 23.4 Å². The molecular weight excluding hydrogens is 400 g/mol. The summed E-state index contributed by atoms with van der Waals surface area (Å²) in [5.41, 5.74) is 1.18. The van der Waals surface area contributed by atoms with Crippen molar-refractivity contribution in [1.29, 1.82) is 0 Å². The van der Waals surface area contributed by atoms with Crippen LogP contribution in [0.3, 0.4) is 0 Å². The minimum Gasteiger partial charge on any atom is -0.490 e. The van der Waals surface area contributed by atoms with Crippen molar-refractivity contribution in [3.8, 4) is 5.75 Å². The lowest BCUT2D eigenvalue weighted by molar-refractivity contribution is 0.0595. The molecule has 0 aliphatic carbocycles. The molecule has 2 fully saturated rings. The molecule has 2 aliphatic heterocycles. The third-order valence-corrected chi connectivity index (χ3v) is 6.10. The summed E-state index contributed by atoms with van der Waals surface area (Å²) in [4.78, 5) is 29.5. The summed E-state index contributed by atoms with van der Waals surface area (Å²) >= 11 is 5.92. The molecule has 158 valence electrons. The zero-order valence-corrected chi connectivity index (χ0v) is 17.8. The number of carbonyl (C=O) groups is 2. The van der Waals surface area contributed by atoms with Crippen LogP contribution >= 0.6 is 11.6 Å². The van der Waals surface area contributed by atoms with Crippen molar-refractivity contribution in [2.75, 3.05) is 26.2 Å². The van der Waals surface area contributed by atoms with Crippen LogP contribution < -0.4 is 4.74 Å². The number of hydrogen-bond donors (Lipinski definition) is 0. The number of hydrogen-bond acceptors (Lipinski definition) is 3. The van der Waals surface area contributed by atoms with Crippen molar-refractivity contribution in [2.24, 2.45) is 0 Å². The van der Waals surface area contributed by atoms with E-state index in [1.54, 1.807) is 24.3 Å². The molecule has 0 saturated carbocycles. The van der Waals surface area contributed by atoms with Gasteiger partial charge in [0.2, 0.25) is 0 Å². The van der Waals surface area contributed by atoms with Gasteiger partial charge in [-0.25, -0.2) is 0 Å². The summed E-state index contributed by atoms with van der Waals surface area (Å²) in [5.74, 6) is 0.806. The fraction of sp³-hybridized carbons (Fsp3) is 0.417. The smallest absolute Gasteiger partial charge is 0.253 e. The number of halogens is 1. The highest BCUT2D eigenvalue weighted by molar-refractivity contribution is 6.30. The molecule has 2 saturated heterocycles. The molecule has 2 aliphatic rings. The molecule has 6 heteroatoms. The highest BCUT2D eigenvalue weighted by Gasteiger charge is 2.26. The van der Waals surface area contributed by atoms with Gasteiger partial charge in [0.25, 0.3) is 11.8 Å². The van der Waals surface area contributed by atoms with Crippen LogP contribution in [0.25, 0.3) is 0 Å². The molecule has 4 rings (SSSR count). The lowest BCUT2D eigenvalue weighted by atomic mass is 10.0. The van der Waals surface area contributed by atoms with E-state index < -0.39 is 0 Å². The van der Waals surface area contributed by atoms with Gasteiger partial charge in [-0.15, -0.1) is 0 Å². The minimum atomic E-state index is -0.0202. The summed E-state index contributed by atoms with van der Waals surface area (Å²) in [5, 5.41) is 0.684. The second-order valence-electron chi connectivity index (χ2n) is 8.00. The summed E-state index contributed by atoms with van der Waals surface area (Å²) in [6.45, 7) is 2.89. The zero-order valence-electron chi connectivity index (χ0n) is 17.1. The maximum absolute atomic E-state index is 13.0. The number of carbonyl (C=O) groups excluding carboxylic acids is 2. The van der Waals surface area contributed by atoms with Crippen molar-refractivity contribution in [3.05, 3.63) is 64.7 Å². The average molecular weight is 427 g/mol. The standard InChI is InChI=1S/C24H27ClN2O3/c25-20-7-9-21(10-8-20)30-22-11-15-27(16-12-22)24(29)19-6-4-5-18(17-19)23(28)26-13-2-1-3-14-26/h4-10,17,22H,1-3,11-16H2. The first-order valence-electron chi connectivity index (χ1n) is 10.7. The van der Waals surface area contributed by atoms with Gasteiger partial charge in [0.05, 0.1) is 0 Å². The number of nitrogens with zero attached hydrogens (tertiary/aromatic N) is 2. The molecule has 0 aromatic heterocycles. The fourth-order valence-electron chi connectivity index (χ4n) is 4.13. The van der Waals surface area contributed by atoms with Crippen LogP contribution in [0.2, 0.25) is 5.02 Å². The first kappa shape index (κ1) is 20.7. The van der Waals surface area contributed by atoms with Gasteiger partial charge in [0.1, 0.15) is 11.9 Å². The SMILES string of the molecule is O=C(c1cccc(C(=O)N2CCC(Oc3ccc(Cl)cc3)CC2)c1)N1CCCCC1. The topological polar surface area (TPSA) is 49.9 Å². The third kappa shape index (κ3) is 4.96. The van der Waals surface area contributed by atoms with Gasteiger partial charge in [0.15, 0.2) is 0 Å². The summed E-state index contributed by atoms with van der Waals surface area (Å²) in [6.07, 6.45) is 4.93. The Balaban J connectivity index is 1.34. The van der Waals surface area contributed by atoms with Crippen LogP contribution in [-0.2, 0) is 0 Å². The number of amides is 2. The Morgan fingerprint density at radius 1 is 0.800 bits per heavy atom. The Morgan fingerprint density at radius 3 is 1.97 bits per heavy atom. The lowest BCUT2D eigenvalue weighted by Crippen LogP contribution is -2.42. The molecule has 30 heavy (non-hydrogen) atoms. The third-order valence-electron chi connectivity index (χ3n) is 5.85. The van der Waals surface area contributed by atoms with Crippen molar-refractivity contribution in [2.45, 2.75) is 38.2 Å². The normalized spacial score (nSPS) is 17.6. The Hall–Kier alpha value is -2.53.